The molecule has 2 saturated heterocycles. The number of hydrogen-bond acceptors (Lipinski definition) is 7. The summed E-state index contributed by atoms with van der Waals surface area (Å²) in [6, 6.07) is 13.3. The maximum atomic E-state index is 15.6. The summed E-state index contributed by atoms with van der Waals surface area (Å²) in [5.41, 5.74) is 4.60. The van der Waals surface area contributed by atoms with Gasteiger partial charge in [-0.3, -0.25) is 4.79 Å². The Morgan fingerprint density at radius 3 is 2.67 bits per heavy atom. The van der Waals surface area contributed by atoms with Crippen LogP contribution < -0.4 is 10.1 Å². The molecule has 2 bridgehead atoms. The van der Waals surface area contributed by atoms with E-state index in [4.69, 9.17) is 9.72 Å². The summed E-state index contributed by atoms with van der Waals surface area (Å²) < 4.78 is 23.6. The molecule has 0 spiro atoms. The first-order chi connectivity index (χ1) is 20.4. The third-order valence-electron chi connectivity index (χ3n) is 8.60. The van der Waals surface area contributed by atoms with Crippen LogP contribution in [0.1, 0.15) is 42.9 Å². The molecule has 0 aliphatic carbocycles. The second-order valence-corrected chi connectivity index (χ2v) is 11.1. The molecule has 0 radical (unpaired) electrons. The van der Waals surface area contributed by atoms with Gasteiger partial charge in [0.15, 0.2) is 11.6 Å². The van der Waals surface area contributed by atoms with Crippen molar-refractivity contribution in [3.8, 4) is 11.5 Å². The van der Waals surface area contributed by atoms with E-state index in [1.807, 2.05) is 46.8 Å². The molecule has 2 aromatic carbocycles. The van der Waals surface area contributed by atoms with E-state index in [2.05, 4.69) is 26.8 Å². The van der Waals surface area contributed by atoms with E-state index in [9.17, 15) is 4.79 Å². The van der Waals surface area contributed by atoms with Crippen LogP contribution in [0.25, 0.3) is 22.1 Å². The number of hydrogen-bond donors (Lipinski definition) is 1. The zero-order valence-electron chi connectivity index (χ0n) is 23.4. The summed E-state index contributed by atoms with van der Waals surface area (Å²) in [5, 5.41) is 3.14. The molecule has 5 aromatic rings. The lowest BCUT2D eigenvalue weighted by Gasteiger charge is -2.38. The van der Waals surface area contributed by atoms with Gasteiger partial charge < -0.3 is 19.5 Å². The van der Waals surface area contributed by atoms with Gasteiger partial charge in [-0.2, -0.15) is 0 Å². The summed E-state index contributed by atoms with van der Waals surface area (Å²) in [6.07, 6.45) is 8.31. The first-order valence-electron chi connectivity index (χ1n) is 14.1. The van der Waals surface area contributed by atoms with Crippen molar-refractivity contribution in [2.45, 2.75) is 50.6 Å². The number of ether oxygens (including phenoxy) is 1. The minimum Gasteiger partial charge on any atom is -0.457 e. The molecule has 2 aliphatic heterocycles. The predicted molar refractivity (Wildman–Crippen MR) is 158 cm³/mol. The smallest absolute Gasteiger partial charge is 0.246 e. The van der Waals surface area contributed by atoms with Crippen LogP contribution in [0.5, 0.6) is 11.5 Å². The predicted octanol–water partition coefficient (Wildman–Crippen LogP) is 6.32. The van der Waals surface area contributed by atoms with Crippen molar-refractivity contribution in [1.82, 2.24) is 29.4 Å². The van der Waals surface area contributed by atoms with E-state index in [-0.39, 0.29) is 29.6 Å². The minimum absolute atomic E-state index is 0.00955. The zero-order chi connectivity index (χ0) is 29.0. The molecule has 3 atom stereocenters. The fraction of sp³-hybridized carbons (Fsp3) is 0.281. The number of anilines is 2. The topological polar surface area (TPSA) is 98.1 Å². The Bertz CT molecular complexity index is 1860. The maximum absolute atomic E-state index is 15.6. The lowest BCUT2D eigenvalue weighted by Crippen LogP contribution is -2.45. The number of nitrogens with one attached hydrogen (secondary N) is 1. The lowest BCUT2D eigenvalue weighted by atomic mass is 9.87. The number of fused-ring (bicyclic) bond motifs is 4. The van der Waals surface area contributed by atoms with Gasteiger partial charge in [-0.05, 0) is 75.1 Å². The molecule has 0 saturated carbocycles. The van der Waals surface area contributed by atoms with E-state index in [0.717, 1.165) is 42.4 Å². The molecule has 10 heteroatoms. The SMILES string of the molecule is C=CC(=O)N1[C@@H]2CC[C@H]1C[C@H](c1ccc3ncnc(Nc4ccc(Oc5ccc6c(c5)ncn6C)c(C)c4F)c3n1)C2. The van der Waals surface area contributed by atoms with Gasteiger partial charge in [0, 0.05) is 42.4 Å². The molecule has 3 aromatic heterocycles. The van der Waals surface area contributed by atoms with Gasteiger partial charge in [-0.1, -0.05) is 6.58 Å². The molecule has 42 heavy (non-hydrogen) atoms. The third-order valence-corrected chi connectivity index (χ3v) is 8.60. The molecule has 212 valence electrons. The molecular formula is C32H30FN7O2. The second kappa shape index (κ2) is 10.2. The third kappa shape index (κ3) is 4.43. The van der Waals surface area contributed by atoms with Crippen molar-refractivity contribution < 1.29 is 13.9 Å². The number of carbonyl (C=O) groups excluding carboxylic acids is 1. The van der Waals surface area contributed by atoms with Gasteiger partial charge in [0.2, 0.25) is 5.91 Å². The molecule has 2 aliphatic rings. The van der Waals surface area contributed by atoms with Crippen molar-refractivity contribution in [2.75, 3.05) is 5.32 Å². The van der Waals surface area contributed by atoms with Crippen LogP contribution in [-0.4, -0.2) is 47.4 Å². The minimum atomic E-state index is -0.440. The van der Waals surface area contributed by atoms with E-state index >= 15 is 4.39 Å². The first kappa shape index (κ1) is 26.1. The number of nitrogens with zero attached hydrogens (tertiary/aromatic N) is 6. The van der Waals surface area contributed by atoms with Crippen LogP contribution >= 0.6 is 0 Å². The molecule has 1 N–H and O–H groups in total. The average molecular weight is 564 g/mol. The fourth-order valence-corrected chi connectivity index (χ4v) is 6.47. The van der Waals surface area contributed by atoms with Gasteiger partial charge in [-0.25, -0.2) is 24.3 Å². The molecular weight excluding hydrogens is 533 g/mol. The first-order valence-corrected chi connectivity index (χ1v) is 14.1. The van der Waals surface area contributed by atoms with Crippen LogP contribution in [0.2, 0.25) is 0 Å². The number of rotatable bonds is 6. The maximum Gasteiger partial charge on any atom is 0.246 e. The highest BCUT2D eigenvalue weighted by Gasteiger charge is 2.43. The Balaban J connectivity index is 1.14. The van der Waals surface area contributed by atoms with Gasteiger partial charge in [-0.15, -0.1) is 0 Å². The molecule has 1 amide bonds. The van der Waals surface area contributed by atoms with Crippen LogP contribution in [-0.2, 0) is 11.8 Å². The number of halogens is 1. The Morgan fingerprint density at radius 1 is 1.07 bits per heavy atom. The monoisotopic (exact) mass is 563 g/mol. The number of benzene rings is 2. The normalized spacial score (nSPS) is 19.8. The second-order valence-electron chi connectivity index (χ2n) is 11.1. The van der Waals surface area contributed by atoms with Gasteiger partial charge >= 0.3 is 0 Å². The number of aromatic nitrogens is 5. The quantitative estimate of drug-likeness (QED) is 0.242. The Hall–Kier alpha value is -4.86. The van der Waals surface area contributed by atoms with Gasteiger partial charge in [0.25, 0.3) is 0 Å². The number of imidazole rings is 1. The number of amides is 1. The highest BCUT2D eigenvalue weighted by Crippen LogP contribution is 2.43. The van der Waals surface area contributed by atoms with E-state index in [1.54, 1.807) is 25.4 Å². The largest absolute Gasteiger partial charge is 0.457 e. The zero-order valence-corrected chi connectivity index (χ0v) is 23.4. The fourth-order valence-electron chi connectivity index (χ4n) is 6.47. The van der Waals surface area contributed by atoms with E-state index in [1.165, 1.54) is 12.4 Å². The summed E-state index contributed by atoms with van der Waals surface area (Å²) in [6.45, 7) is 5.35. The number of piperidine rings is 1. The summed E-state index contributed by atoms with van der Waals surface area (Å²) in [7, 11) is 1.93. The van der Waals surface area contributed by atoms with Crippen LogP contribution in [0.15, 0.2) is 67.8 Å². The molecule has 2 fully saturated rings. The lowest BCUT2D eigenvalue weighted by molar-refractivity contribution is -0.130. The highest BCUT2D eigenvalue weighted by molar-refractivity contribution is 5.88. The highest BCUT2D eigenvalue weighted by atomic mass is 19.1. The molecule has 0 unspecified atom stereocenters. The number of carbonyl (C=O) groups is 1. The summed E-state index contributed by atoms with van der Waals surface area (Å²) in [4.78, 5) is 32.5. The number of pyridine rings is 1. The Labute approximate surface area is 242 Å². The van der Waals surface area contributed by atoms with Crippen LogP contribution in [0, 0.1) is 12.7 Å². The molecule has 9 nitrogen and oxygen atoms in total. The molecule has 5 heterocycles. The summed E-state index contributed by atoms with van der Waals surface area (Å²) in [5.74, 6) is 1.21. The average Bonchev–Trinajstić information content (AvgIpc) is 3.51. The van der Waals surface area contributed by atoms with Crippen molar-refractivity contribution in [2.24, 2.45) is 7.05 Å². The van der Waals surface area contributed by atoms with Crippen LogP contribution in [0.3, 0.4) is 0 Å². The van der Waals surface area contributed by atoms with Crippen molar-refractivity contribution in [3.05, 3.63) is 84.8 Å². The molecule has 7 rings (SSSR count). The van der Waals surface area contributed by atoms with Crippen molar-refractivity contribution in [1.29, 1.82) is 0 Å². The van der Waals surface area contributed by atoms with E-state index in [0.29, 0.717) is 33.9 Å². The Kier molecular flexibility index (Phi) is 6.33. The van der Waals surface area contributed by atoms with Crippen molar-refractivity contribution in [3.63, 3.8) is 0 Å². The van der Waals surface area contributed by atoms with Gasteiger partial charge in [0.1, 0.15) is 23.3 Å². The standard InChI is InChI=1S/C32H30FN7O2/c1-4-29(41)40-20-5-6-21(40)14-19(13-20)23-8-9-25-31(37-23)32(35-16-34-25)38-24-10-12-28(18(2)30(24)33)42-22-7-11-27-26(15-22)36-17-39(27)3/h4,7-12,15-17,19-21H,1,5-6,13-14H2,2-3H3,(H,34,35,38)/t19-,20-,21+. The van der Waals surface area contributed by atoms with Crippen molar-refractivity contribution >= 4 is 39.5 Å². The summed E-state index contributed by atoms with van der Waals surface area (Å²) >= 11 is 0. The van der Waals surface area contributed by atoms with Gasteiger partial charge in [0.05, 0.1) is 28.6 Å². The number of aryl methyl sites for hydroxylation is 1. The van der Waals surface area contributed by atoms with Crippen LogP contribution in [0.4, 0.5) is 15.9 Å². The van der Waals surface area contributed by atoms with E-state index < -0.39 is 5.82 Å². The Morgan fingerprint density at radius 2 is 1.88 bits per heavy atom.